The van der Waals surface area contributed by atoms with Gasteiger partial charge in [-0.3, -0.25) is 4.79 Å². The van der Waals surface area contributed by atoms with E-state index in [1.54, 1.807) is 19.1 Å². The number of amides is 1. The maximum Gasteiger partial charge on any atom is 0.243 e. The van der Waals surface area contributed by atoms with Gasteiger partial charge in [-0.05, 0) is 31.2 Å². The molecule has 0 atom stereocenters. The first kappa shape index (κ1) is 15.5. The first-order chi connectivity index (χ1) is 8.91. The number of nitrogens with one attached hydrogen (secondary N) is 1. The molecule has 0 spiro atoms. The number of carbonyl (C=O) groups excluding carboxylic acids is 1. The number of hydrogen-bond donors (Lipinski definition) is 1. The lowest BCUT2D eigenvalue weighted by Gasteiger charge is -2.16. The quantitative estimate of drug-likeness (QED) is 0.824. The average molecular weight is 286 g/mol. The normalized spacial score (nSPS) is 11.4. The van der Waals surface area contributed by atoms with Gasteiger partial charge in [0, 0.05) is 13.6 Å². The summed E-state index contributed by atoms with van der Waals surface area (Å²) in [5.74, 6) is 0.243. The summed E-state index contributed by atoms with van der Waals surface area (Å²) in [5.41, 5.74) is 0. The van der Waals surface area contributed by atoms with E-state index in [9.17, 15) is 13.2 Å². The molecule has 0 aliphatic rings. The molecule has 1 aromatic carbocycles. The number of benzene rings is 1. The summed E-state index contributed by atoms with van der Waals surface area (Å²) in [5, 5.41) is 2.55. The summed E-state index contributed by atoms with van der Waals surface area (Å²) in [6.07, 6.45) is 0. The van der Waals surface area contributed by atoms with E-state index < -0.39 is 10.0 Å². The molecule has 0 saturated heterocycles. The highest BCUT2D eigenvalue weighted by Crippen LogP contribution is 2.18. The van der Waals surface area contributed by atoms with Crippen molar-refractivity contribution in [2.75, 3.05) is 27.2 Å². The minimum absolute atomic E-state index is 0.125. The van der Waals surface area contributed by atoms with Crippen molar-refractivity contribution < 1.29 is 17.9 Å². The molecule has 1 N–H and O–H groups in total. The van der Waals surface area contributed by atoms with Crippen LogP contribution >= 0.6 is 0 Å². The Kier molecular flexibility index (Phi) is 5.31. The van der Waals surface area contributed by atoms with Crippen molar-refractivity contribution in [2.45, 2.75) is 11.8 Å². The molecule has 0 aliphatic carbocycles. The molecule has 6 nitrogen and oxygen atoms in total. The van der Waals surface area contributed by atoms with Gasteiger partial charge in [0.15, 0.2) is 0 Å². The van der Waals surface area contributed by atoms with Crippen LogP contribution in [0.5, 0.6) is 5.75 Å². The summed E-state index contributed by atoms with van der Waals surface area (Å²) in [4.78, 5) is 11.5. The number of nitrogens with zero attached hydrogens (tertiary/aromatic N) is 1. The standard InChI is InChI=1S/C12H18N2O4S/c1-4-13-12(15)9-14(2)19(16,17)11-7-5-10(18-3)6-8-11/h5-8H,4,9H2,1-3H3,(H,13,15). The van der Waals surface area contributed by atoms with E-state index in [4.69, 9.17) is 4.74 Å². The maximum atomic E-state index is 12.2. The zero-order valence-electron chi connectivity index (χ0n) is 11.2. The number of methoxy groups -OCH3 is 1. The van der Waals surface area contributed by atoms with Crippen LogP contribution in [0.4, 0.5) is 0 Å². The van der Waals surface area contributed by atoms with E-state index in [1.807, 2.05) is 0 Å². The van der Waals surface area contributed by atoms with Crippen molar-refractivity contribution in [3.05, 3.63) is 24.3 Å². The van der Waals surface area contributed by atoms with Crippen LogP contribution in [-0.2, 0) is 14.8 Å². The Hall–Kier alpha value is -1.60. The third-order valence-electron chi connectivity index (χ3n) is 2.51. The minimum Gasteiger partial charge on any atom is -0.497 e. The molecule has 0 bridgehead atoms. The fourth-order valence-electron chi connectivity index (χ4n) is 1.47. The minimum atomic E-state index is -3.66. The summed E-state index contributed by atoms with van der Waals surface area (Å²) in [7, 11) is -0.786. The summed E-state index contributed by atoms with van der Waals surface area (Å²) in [6, 6.07) is 6.02. The lowest BCUT2D eigenvalue weighted by atomic mass is 10.3. The second-order valence-electron chi connectivity index (χ2n) is 3.89. The van der Waals surface area contributed by atoms with E-state index in [2.05, 4.69) is 5.32 Å². The number of carbonyl (C=O) groups is 1. The molecule has 0 fully saturated rings. The lowest BCUT2D eigenvalue weighted by Crippen LogP contribution is -2.38. The molecule has 0 aliphatic heterocycles. The molecule has 0 heterocycles. The average Bonchev–Trinajstić information content (AvgIpc) is 2.39. The number of ether oxygens (including phenoxy) is 1. The molecule has 1 amide bonds. The maximum absolute atomic E-state index is 12.2. The Labute approximate surface area is 113 Å². The van der Waals surface area contributed by atoms with Crippen molar-refractivity contribution in [3.63, 3.8) is 0 Å². The smallest absolute Gasteiger partial charge is 0.243 e. The highest BCUT2D eigenvalue weighted by atomic mass is 32.2. The summed E-state index contributed by atoms with van der Waals surface area (Å²) >= 11 is 0. The Morgan fingerprint density at radius 1 is 1.32 bits per heavy atom. The molecule has 1 rings (SSSR count). The molecule has 1 aromatic rings. The Morgan fingerprint density at radius 3 is 2.37 bits per heavy atom. The van der Waals surface area contributed by atoms with Gasteiger partial charge in [0.1, 0.15) is 5.75 Å². The van der Waals surface area contributed by atoms with Gasteiger partial charge in [-0.1, -0.05) is 0 Å². The van der Waals surface area contributed by atoms with Crippen LogP contribution in [0.2, 0.25) is 0 Å². The molecule has 7 heteroatoms. The van der Waals surface area contributed by atoms with E-state index in [0.717, 1.165) is 4.31 Å². The first-order valence-electron chi connectivity index (χ1n) is 5.79. The van der Waals surface area contributed by atoms with Gasteiger partial charge in [-0.2, -0.15) is 4.31 Å². The fraction of sp³-hybridized carbons (Fsp3) is 0.417. The predicted octanol–water partition coefficient (Wildman–Crippen LogP) is 0.452. The first-order valence-corrected chi connectivity index (χ1v) is 7.23. The molecule has 0 saturated carbocycles. The third kappa shape index (κ3) is 3.93. The lowest BCUT2D eigenvalue weighted by molar-refractivity contribution is -0.121. The van der Waals surface area contributed by atoms with Gasteiger partial charge in [0.25, 0.3) is 0 Å². The van der Waals surface area contributed by atoms with Crippen molar-refractivity contribution >= 4 is 15.9 Å². The Balaban J connectivity index is 2.86. The zero-order valence-corrected chi connectivity index (χ0v) is 12.0. The SMILES string of the molecule is CCNC(=O)CN(C)S(=O)(=O)c1ccc(OC)cc1. The van der Waals surface area contributed by atoms with Gasteiger partial charge in [-0.15, -0.1) is 0 Å². The van der Waals surface area contributed by atoms with Gasteiger partial charge in [0.2, 0.25) is 15.9 Å². The summed E-state index contributed by atoms with van der Waals surface area (Å²) in [6.45, 7) is 2.04. The topological polar surface area (TPSA) is 75.7 Å². The van der Waals surface area contributed by atoms with Crippen LogP contribution in [0.1, 0.15) is 6.92 Å². The molecule has 0 unspecified atom stereocenters. The van der Waals surface area contributed by atoms with Crippen molar-refractivity contribution in [3.8, 4) is 5.75 Å². The van der Waals surface area contributed by atoms with Crippen LogP contribution in [0.15, 0.2) is 29.2 Å². The largest absolute Gasteiger partial charge is 0.497 e. The van der Waals surface area contributed by atoms with Crippen molar-refractivity contribution in [1.82, 2.24) is 9.62 Å². The monoisotopic (exact) mass is 286 g/mol. The van der Waals surface area contributed by atoms with Gasteiger partial charge in [0.05, 0.1) is 18.6 Å². The van der Waals surface area contributed by atoms with E-state index >= 15 is 0 Å². The van der Waals surface area contributed by atoms with Crippen LogP contribution in [0, 0.1) is 0 Å². The Bertz CT molecular complexity index is 525. The second-order valence-corrected chi connectivity index (χ2v) is 5.94. The van der Waals surface area contributed by atoms with Gasteiger partial charge in [-0.25, -0.2) is 8.42 Å². The molecule has 0 aromatic heterocycles. The fourth-order valence-corrected chi connectivity index (χ4v) is 2.60. The third-order valence-corrected chi connectivity index (χ3v) is 4.33. The number of rotatable bonds is 6. The van der Waals surface area contributed by atoms with Gasteiger partial charge < -0.3 is 10.1 Å². The van der Waals surface area contributed by atoms with Crippen LogP contribution in [0.3, 0.4) is 0 Å². The zero-order chi connectivity index (χ0) is 14.5. The molecule has 0 radical (unpaired) electrons. The van der Waals surface area contributed by atoms with Crippen LogP contribution < -0.4 is 10.1 Å². The molecule has 106 valence electrons. The number of hydrogen-bond acceptors (Lipinski definition) is 4. The highest BCUT2D eigenvalue weighted by molar-refractivity contribution is 7.89. The van der Waals surface area contributed by atoms with Gasteiger partial charge >= 0.3 is 0 Å². The van der Waals surface area contributed by atoms with E-state index in [-0.39, 0.29) is 17.3 Å². The van der Waals surface area contributed by atoms with Crippen LogP contribution in [-0.4, -0.2) is 45.9 Å². The second kappa shape index (κ2) is 6.53. The molecular weight excluding hydrogens is 268 g/mol. The van der Waals surface area contributed by atoms with Crippen molar-refractivity contribution in [1.29, 1.82) is 0 Å². The number of sulfonamides is 1. The summed E-state index contributed by atoms with van der Waals surface area (Å²) < 4.78 is 30.3. The predicted molar refractivity (Wildman–Crippen MR) is 71.5 cm³/mol. The highest BCUT2D eigenvalue weighted by Gasteiger charge is 2.22. The molecule has 19 heavy (non-hydrogen) atoms. The van der Waals surface area contributed by atoms with Crippen molar-refractivity contribution in [2.24, 2.45) is 0 Å². The Morgan fingerprint density at radius 2 is 1.89 bits per heavy atom. The number of likely N-dealkylation sites (N-methyl/N-ethyl adjacent to an activating group) is 2. The molecular formula is C12H18N2O4S. The van der Waals surface area contributed by atoms with E-state index in [0.29, 0.717) is 12.3 Å². The van der Waals surface area contributed by atoms with E-state index in [1.165, 1.54) is 26.3 Å². The van der Waals surface area contributed by atoms with Crippen LogP contribution in [0.25, 0.3) is 0 Å².